The Kier molecular flexibility index (Phi) is 4.01. The highest BCUT2D eigenvalue weighted by atomic mass is 19.1. The van der Waals surface area contributed by atoms with E-state index in [1.807, 2.05) is 24.2 Å². The summed E-state index contributed by atoms with van der Waals surface area (Å²) >= 11 is 0. The number of carbonyl (C=O) groups is 2. The van der Waals surface area contributed by atoms with Crippen LogP contribution in [0.2, 0.25) is 0 Å². The minimum atomic E-state index is -0.491. The van der Waals surface area contributed by atoms with Crippen molar-refractivity contribution in [2.45, 2.75) is 45.0 Å². The number of carbonyl (C=O) groups excluding carboxylic acids is 2. The van der Waals surface area contributed by atoms with E-state index in [-0.39, 0.29) is 24.3 Å². The largest absolute Gasteiger partial charge is 0.442 e. The number of anilines is 2. The maximum Gasteiger partial charge on any atom is 0.415 e. The minimum Gasteiger partial charge on any atom is -0.442 e. The predicted octanol–water partition coefficient (Wildman–Crippen LogP) is 1.86. The summed E-state index contributed by atoms with van der Waals surface area (Å²) in [5.41, 5.74) is 4.06. The van der Waals surface area contributed by atoms with Gasteiger partial charge in [-0.3, -0.25) is 14.4 Å². The quantitative estimate of drug-likeness (QED) is 0.849. The molecule has 2 aromatic rings. The number of halogens is 1. The highest BCUT2D eigenvalue weighted by molar-refractivity contribution is 5.94. The van der Waals surface area contributed by atoms with Crippen LogP contribution in [0.3, 0.4) is 0 Å². The molecule has 1 aromatic carbocycles. The third-order valence-electron chi connectivity index (χ3n) is 5.90. The van der Waals surface area contributed by atoms with Gasteiger partial charge in [-0.05, 0) is 18.1 Å². The average molecular weight is 399 g/mol. The molecule has 29 heavy (non-hydrogen) atoms. The molecular weight excluding hydrogens is 377 g/mol. The standard InChI is InChI=1S/C20H22FN5O3/c1-3-19(27)22-7-18-17-5-11-4-16(13(21)6-15(11)26(17)20(28)29-18)25-9-12-8-24(2)23-14(12)10-25/h4,6,8,17-18H,3,5,7,9-10H2,1-2H3,(H,22,27)/t17?,18-/m0/s1. The number of hydrogen-bond acceptors (Lipinski definition) is 5. The van der Waals surface area contributed by atoms with Gasteiger partial charge in [0.05, 0.1) is 36.2 Å². The Balaban J connectivity index is 1.38. The van der Waals surface area contributed by atoms with Crippen LogP contribution in [0.4, 0.5) is 20.6 Å². The lowest BCUT2D eigenvalue weighted by Crippen LogP contribution is -2.40. The molecule has 9 heteroatoms. The van der Waals surface area contributed by atoms with E-state index in [1.165, 1.54) is 11.0 Å². The smallest absolute Gasteiger partial charge is 0.415 e. The van der Waals surface area contributed by atoms with Gasteiger partial charge in [-0.2, -0.15) is 5.10 Å². The second-order valence-corrected chi connectivity index (χ2v) is 7.78. The monoisotopic (exact) mass is 399 g/mol. The number of aromatic nitrogens is 2. The number of rotatable bonds is 4. The molecule has 3 aliphatic rings. The van der Waals surface area contributed by atoms with E-state index >= 15 is 0 Å². The van der Waals surface area contributed by atoms with Gasteiger partial charge in [-0.25, -0.2) is 9.18 Å². The molecule has 0 aliphatic carbocycles. The first-order valence-corrected chi connectivity index (χ1v) is 9.80. The molecule has 2 amide bonds. The lowest BCUT2D eigenvalue weighted by molar-refractivity contribution is -0.121. The number of hydrogen-bond donors (Lipinski definition) is 1. The number of amides is 2. The topological polar surface area (TPSA) is 79.7 Å². The maximum atomic E-state index is 15.0. The van der Waals surface area contributed by atoms with E-state index in [0.29, 0.717) is 37.3 Å². The summed E-state index contributed by atoms with van der Waals surface area (Å²) in [6.45, 7) is 3.20. The van der Waals surface area contributed by atoms with Gasteiger partial charge in [0, 0.05) is 37.8 Å². The summed E-state index contributed by atoms with van der Waals surface area (Å²) in [5.74, 6) is -0.458. The normalized spacial score (nSPS) is 21.8. The van der Waals surface area contributed by atoms with Gasteiger partial charge in [-0.1, -0.05) is 6.92 Å². The van der Waals surface area contributed by atoms with Crippen LogP contribution in [0.25, 0.3) is 0 Å². The van der Waals surface area contributed by atoms with Gasteiger partial charge in [0.1, 0.15) is 11.9 Å². The fourth-order valence-corrected chi connectivity index (χ4v) is 4.49. The molecule has 1 saturated heterocycles. The Labute approximate surface area is 167 Å². The van der Waals surface area contributed by atoms with Crippen LogP contribution in [-0.2, 0) is 36.1 Å². The first-order valence-electron chi connectivity index (χ1n) is 9.80. The summed E-state index contributed by atoms with van der Waals surface area (Å²) in [7, 11) is 1.88. The van der Waals surface area contributed by atoms with Gasteiger partial charge in [-0.15, -0.1) is 0 Å². The van der Waals surface area contributed by atoms with E-state index < -0.39 is 12.2 Å². The van der Waals surface area contributed by atoms with E-state index in [2.05, 4.69) is 10.4 Å². The van der Waals surface area contributed by atoms with Crippen LogP contribution < -0.4 is 15.1 Å². The SMILES string of the molecule is CCC(=O)NC[C@@H]1OC(=O)N2c3cc(F)c(N4Cc5cn(C)nc5C4)cc3CC12. The maximum absolute atomic E-state index is 15.0. The first kappa shape index (κ1) is 18.0. The molecule has 1 fully saturated rings. The Bertz CT molecular complexity index is 996. The average Bonchev–Trinajstić information content (AvgIpc) is 3.39. The van der Waals surface area contributed by atoms with Crippen molar-refractivity contribution < 1.29 is 18.7 Å². The zero-order chi connectivity index (χ0) is 20.3. The molecular formula is C20H22FN5O3. The number of fused-ring (bicyclic) bond motifs is 4. The lowest BCUT2D eigenvalue weighted by Gasteiger charge is -2.20. The van der Waals surface area contributed by atoms with Crippen molar-refractivity contribution in [1.29, 1.82) is 0 Å². The Morgan fingerprint density at radius 2 is 2.14 bits per heavy atom. The number of cyclic esters (lactones) is 1. The van der Waals surface area contributed by atoms with Crippen molar-refractivity contribution in [3.05, 3.63) is 41.0 Å². The Morgan fingerprint density at radius 3 is 2.90 bits per heavy atom. The zero-order valence-electron chi connectivity index (χ0n) is 16.3. The molecule has 1 N–H and O–H groups in total. The van der Waals surface area contributed by atoms with Gasteiger partial charge in [0.15, 0.2) is 0 Å². The van der Waals surface area contributed by atoms with Crippen LogP contribution in [0, 0.1) is 5.82 Å². The number of nitrogens with one attached hydrogen (secondary N) is 1. The van der Waals surface area contributed by atoms with E-state index in [4.69, 9.17) is 4.74 Å². The summed E-state index contributed by atoms with van der Waals surface area (Å²) in [6, 6.07) is 3.03. The van der Waals surface area contributed by atoms with E-state index in [1.54, 1.807) is 11.6 Å². The van der Waals surface area contributed by atoms with E-state index in [9.17, 15) is 14.0 Å². The number of benzene rings is 1. The lowest BCUT2D eigenvalue weighted by atomic mass is 10.0. The van der Waals surface area contributed by atoms with Crippen LogP contribution in [-0.4, -0.2) is 40.5 Å². The fourth-order valence-electron chi connectivity index (χ4n) is 4.49. The van der Waals surface area contributed by atoms with Crippen molar-refractivity contribution in [2.75, 3.05) is 16.3 Å². The molecule has 152 valence electrons. The second-order valence-electron chi connectivity index (χ2n) is 7.78. The van der Waals surface area contributed by atoms with Crippen molar-refractivity contribution in [1.82, 2.24) is 15.1 Å². The molecule has 0 bridgehead atoms. The predicted molar refractivity (Wildman–Crippen MR) is 103 cm³/mol. The first-order chi connectivity index (χ1) is 13.9. The van der Waals surface area contributed by atoms with E-state index in [0.717, 1.165) is 16.8 Å². The molecule has 8 nitrogen and oxygen atoms in total. The molecule has 5 rings (SSSR count). The number of ether oxygens (including phenoxy) is 1. The van der Waals surface area contributed by atoms with Crippen molar-refractivity contribution in [3.8, 4) is 0 Å². The van der Waals surface area contributed by atoms with Crippen molar-refractivity contribution in [2.24, 2.45) is 7.05 Å². The molecule has 4 heterocycles. The van der Waals surface area contributed by atoms with Gasteiger partial charge < -0.3 is 15.0 Å². The highest BCUT2D eigenvalue weighted by Gasteiger charge is 2.48. The second kappa shape index (κ2) is 6.47. The fraction of sp³-hybridized carbons (Fsp3) is 0.450. The van der Waals surface area contributed by atoms with Gasteiger partial charge >= 0.3 is 6.09 Å². The third kappa shape index (κ3) is 2.83. The molecule has 1 unspecified atom stereocenters. The third-order valence-corrected chi connectivity index (χ3v) is 5.90. The van der Waals surface area contributed by atoms with Gasteiger partial charge in [0.25, 0.3) is 0 Å². The molecule has 0 radical (unpaired) electrons. The summed E-state index contributed by atoms with van der Waals surface area (Å²) in [4.78, 5) is 27.4. The molecule has 2 atom stereocenters. The zero-order valence-corrected chi connectivity index (χ0v) is 16.3. The summed E-state index contributed by atoms with van der Waals surface area (Å²) < 4.78 is 22.2. The van der Waals surface area contributed by atoms with Crippen LogP contribution in [0.15, 0.2) is 18.3 Å². The molecule has 0 saturated carbocycles. The van der Waals surface area contributed by atoms with Crippen LogP contribution >= 0.6 is 0 Å². The minimum absolute atomic E-state index is 0.0919. The highest BCUT2D eigenvalue weighted by Crippen LogP contribution is 2.42. The van der Waals surface area contributed by atoms with Crippen molar-refractivity contribution in [3.63, 3.8) is 0 Å². The molecule has 1 aromatic heterocycles. The summed E-state index contributed by atoms with van der Waals surface area (Å²) in [6.07, 6.45) is 1.97. The molecule has 0 spiro atoms. The molecule has 3 aliphatic heterocycles. The van der Waals surface area contributed by atoms with Crippen LogP contribution in [0.5, 0.6) is 0 Å². The Morgan fingerprint density at radius 1 is 1.31 bits per heavy atom. The number of aryl methyl sites for hydroxylation is 1. The van der Waals surface area contributed by atoms with Gasteiger partial charge in [0.2, 0.25) is 5.91 Å². The van der Waals surface area contributed by atoms with Crippen molar-refractivity contribution >= 4 is 23.4 Å². The number of nitrogens with zero attached hydrogens (tertiary/aromatic N) is 4. The Hall–Kier alpha value is -3.10. The summed E-state index contributed by atoms with van der Waals surface area (Å²) in [5, 5.41) is 7.21. The van der Waals surface area contributed by atoms with Crippen LogP contribution in [0.1, 0.15) is 30.2 Å².